The van der Waals surface area contributed by atoms with Crippen molar-refractivity contribution in [2.45, 2.75) is 39.3 Å². The molecule has 1 aromatic heterocycles. The van der Waals surface area contributed by atoms with Crippen LogP contribution in [0.1, 0.15) is 37.4 Å². The predicted octanol–water partition coefficient (Wildman–Crippen LogP) is 4.66. The summed E-state index contributed by atoms with van der Waals surface area (Å²) in [4.78, 5) is 16.6. The highest BCUT2D eigenvalue weighted by atomic mass is 35.5. The topological polar surface area (TPSA) is 51.2 Å². The number of thiazole rings is 1. The normalized spacial score (nSPS) is 12.3. The Kier molecular flexibility index (Phi) is 6.27. The van der Waals surface area contributed by atoms with Crippen molar-refractivity contribution in [1.29, 1.82) is 0 Å². The number of amides is 1. The van der Waals surface area contributed by atoms with Crippen LogP contribution in [0.2, 0.25) is 10.0 Å². The zero-order chi connectivity index (χ0) is 17.0. The van der Waals surface area contributed by atoms with Crippen LogP contribution in [-0.2, 0) is 11.3 Å². The second-order valence-corrected chi connectivity index (χ2v) is 7.12. The van der Waals surface area contributed by atoms with Gasteiger partial charge in [0.15, 0.2) is 6.10 Å². The standard InChI is InChI=1S/C16H18Cl2N2O2S/c1-9(2)16-20-12(8-23-16)7-19-15(21)10(3)22-14-5-4-11(17)6-13(14)18/h4-6,8-10H,7H2,1-3H3,(H,19,21). The molecule has 1 atom stereocenters. The Hall–Kier alpha value is -1.30. The van der Waals surface area contributed by atoms with Crippen molar-refractivity contribution in [2.75, 3.05) is 0 Å². The monoisotopic (exact) mass is 372 g/mol. The van der Waals surface area contributed by atoms with E-state index in [-0.39, 0.29) is 5.91 Å². The fraction of sp³-hybridized carbons (Fsp3) is 0.375. The minimum Gasteiger partial charge on any atom is -0.479 e. The van der Waals surface area contributed by atoms with Crippen LogP contribution in [0.25, 0.3) is 0 Å². The SMILES string of the molecule is CC(Oc1ccc(Cl)cc1Cl)C(=O)NCc1csc(C(C)C)n1. The van der Waals surface area contributed by atoms with Gasteiger partial charge in [0.1, 0.15) is 5.75 Å². The maximum atomic E-state index is 12.1. The fourth-order valence-corrected chi connectivity index (χ4v) is 3.09. The number of nitrogens with one attached hydrogen (secondary N) is 1. The van der Waals surface area contributed by atoms with Gasteiger partial charge in [-0.2, -0.15) is 0 Å². The van der Waals surface area contributed by atoms with Crippen molar-refractivity contribution in [2.24, 2.45) is 0 Å². The summed E-state index contributed by atoms with van der Waals surface area (Å²) in [5.41, 5.74) is 0.851. The van der Waals surface area contributed by atoms with Gasteiger partial charge in [0.2, 0.25) is 0 Å². The molecule has 0 aliphatic carbocycles. The smallest absolute Gasteiger partial charge is 0.261 e. The first-order valence-corrected chi connectivity index (χ1v) is 8.84. The lowest BCUT2D eigenvalue weighted by Crippen LogP contribution is -2.36. The summed E-state index contributed by atoms with van der Waals surface area (Å²) in [6.07, 6.45) is -0.670. The Labute approximate surface area is 149 Å². The van der Waals surface area contributed by atoms with Crippen molar-refractivity contribution in [3.05, 3.63) is 44.3 Å². The first-order chi connectivity index (χ1) is 10.9. The van der Waals surface area contributed by atoms with E-state index in [9.17, 15) is 4.79 Å². The van der Waals surface area contributed by atoms with Crippen LogP contribution in [-0.4, -0.2) is 17.0 Å². The third kappa shape index (κ3) is 5.09. The number of carbonyl (C=O) groups excluding carboxylic acids is 1. The third-order valence-electron chi connectivity index (χ3n) is 3.07. The minimum absolute atomic E-state index is 0.227. The van der Waals surface area contributed by atoms with Gasteiger partial charge in [0.25, 0.3) is 5.91 Å². The molecule has 124 valence electrons. The molecule has 0 fully saturated rings. The molecule has 0 aliphatic heterocycles. The summed E-state index contributed by atoms with van der Waals surface area (Å²) in [6.45, 7) is 6.23. The maximum Gasteiger partial charge on any atom is 0.261 e. The molecule has 2 rings (SSSR count). The average molecular weight is 373 g/mol. The summed E-state index contributed by atoms with van der Waals surface area (Å²) in [5.74, 6) is 0.586. The average Bonchev–Trinajstić information content (AvgIpc) is 2.96. The van der Waals surface area contributed by atoms with E-state index < -0.39 is 6.10 Å². The van der Waals surface area contributed by atoms with E-state index in [1.165, 1.54) is 0 Å². The second-order valence-electron chi connectivity index (χ2n) is 5.38. The molecule has 4 nitrogen and oxygen atoms in total. The van der Waals surface area contributed by atoms with Crippen molar-refractivity contribution < 1.29 is 9.53 Å². The van der Waals surface area contributed by atoms with E-state index in [1.807, 2.05) is 5.38 Å². The molecular weight excluding hydrogens is 355 g/mol. The van der Waals surface area contributed by atoms with Crippen LogP contribution >= 0.6 is 34.5 Å². The largest absolute Gasteiger partial charge is 0.479 e. The van der Waals surface area contributed by atoms with Gasteiger partial charge in [0, 0.05) is 16.3 Å². The molecule has 0 spiro atoms. The Morgan fingerprint density at radius 3 is 2.70 bits per heavy atom. The van der Waals surface area contributed by atoms with Gasteiger partial charge < -0.3 is 10.1 Å². The zero-order valence-corrected chi connectivity index (χ0v) is 15.4. The highest BCUT2D eigenvalue weighted by Gasteiger charge is 2.16. The molecule has 1 N–H and O–H groups in total. The lowest BCUT2D eigenvalue weighted by Gasteiger charge is -2.15. The first-order valence-electron chi connectivity index (χ1n) is 7.20. The minimum atomic E-state index is -0.670. The number of hydrogen-bond donors (Lipinski definition) is 1. The van der Waals surface area contributed by atoms with Gasteiger partial charge in [0.05, 0.1) is 22.3 Å². The molecule has 0 radical (unpaired) electrons. The third-order valence-corrected chi connectivity index (χ3v) is 4.80. The molecule has 1 heterocycles. The predicted molar refractivity (Wildman–Crippen MR) is 94.6 cm³/mol. The van der Waals surface area contributed by atoms with Crippen molar-refractivity contribution in [3.63, 3.8) is 0 Å². The number of nitrogens with zero attached hydrogens (tertiary/aromatic N) is 1. The van der Waals surface area contributed by atoms with Crippen LogP contribution < -0.4 is 10.1 Å². The molecule has 23 heavy (non-hydrogen) atoms. The number of rotatable bonds is 6. The van der Waals surface area contributed by atoms with Crippen molar-refractivity contribution in [3.8, 4) is 5.75 Å². The molecule has 0 bridgehead atoms. The Bertz CT molecular complexity index is 688. The van der Waals surface area contributed by atoms with E-state index >= 15 is 0 Å². The number of benzene rings is 1. The van der Waals surface area contributed by atoms with Gasteiger partial charge in [-0.05, 0) is 25.1 Å². The van der Waals surface area contributed by atoms with Crippen LogP contribution in [0.15, 0.2) is 23.6 Å². The molecule has 0 aliphatic rings. The molecule has 0 saturated heterocycles. The number of ether oxygens (including phenoxy) is 1. The zero-order valence-electron chi connectivity index (χ0n) is 13.1. The molecule has 1 unspecified atom stereocenters. The van der Waals surface area contributed by atoms with E-state index in [4.69, 9.17) is 27.9 Å². The van der Waals surface area contributed by atoms with E-state index in [0.717, 1.165) is 10.7 Å². The van der Waals surface area contributed by atoms with Crippen LogP contribution in [0.3, 0.4) is 0 Å². The highest BCUT2D eigenvalue weighted by Crippen LogP contribution is 2.28. The van der Waals surface area contributed by atoms with Crippen LogP contribution in [0.4, 0.5) is 0 Å². The molecule has 1 aromatic carbocycles. The Balaban J connectivity index is 1.89. The quantitative estimate of drug-likeness (QED) is 0.802. The lowest BCUT2D eigenvalue weighted by atomic mass is 10.2. The molecule has 2 aromatic rings. The van der Waals surface area contributed by atoms with E-state index in [0.29, 0.717) is 28.3 Å². The molecule has 7 heteroatoms. The van der Waals surface area contributed by atoms with E-state index in [2.05, 4.69) is 24.1 Å². The molecular formula is C16H18Cl2N2O2S. The van der Waals surface area contributed by atoms with Gasteiger partial charge in [-0.15, -0.1) is 11.3 Å². The number of aromatic nitrogens is 1. The number of hydrogen-bond acceptors (Lipinski definition) is 4. The van der Waals surface area contributed by atoms with Crippen molar-refractivity contribution >= 4 is 40.4 Å². The number of carbonyl (C=O) groups is 1. The van der Waals surface area contributed by atoms with Gasteiger partial charge in [-0.3, -0.25) is 4.79 Å². The molecule has 0 saturated carbocycles. The van der Waals surface area contributed by atoms with Crippen molar-refractivity contribution in [1.82, 2.24) is 10.3 Å². The lowest BCUT2D eigenvalue weighted by molar-refractivity contribution is -0.127. The summed E-state index contributed by atoms with van der Waals surface area (Å²) < 4.78 is 5.57. The fourth-order valence-electron chi connectivity index (χ4n) is 1.81. The summed E-state index contributed by atoms with van der Waals surface area (Å²) >= 11 is 13.5. The van der Waals surface area contributed by atoms with Gasteiger partial charge in [-0.1, -0.05) is 37.0 Å². The Morgan fingerprint density at radius 1 is 1.35 bits per heavy atom. The number of halogens is 2. The van der Waals surface area contributed by atoms with Gasteiger partial charge in [-0.25, -0.2) is 4.98 Å². The summed E-state index contributed by atoms with van der Waals surface area (Å²) in [5, 5.41) is 6.72. The van der Waals surface area contributed by atoms with Gasteiger partial charge >= 0.3 is 0 Å². The first kappa shape index (κ1) is 18.0. The van der Waals surface area contributed by atoms with Crippen LogP contribution in [0, 0.1) is 0 Å². The molecule has 1 amide bonds. The summed E-state index contributed by atoms with van der Waals surface area (Å²) in [6, 6.07) is 4.88. The maximum absolute atomic E-state index is 12.1. The van der Waals surface area contributed by atoms with E-state index in [1.54, 1.807) is 36.5 Å². The van der Waals surface area contributed by atoms with Crippen LogP contribution in [0.5, 0.6) is 5.75 Å². The second kappa shape index (κ2) is 7.99. The summed E-state index contributed by atoms with van der Waals surface area (Å²) in [7, 11) is 0. The highest BCUT2D eigenvalue weighted by molar-refractivity contribution is 7.09. The Morgan fingerprint density at radius 2 is 2.09 bits per heavy atom.